The highest BCUT2D eigenvalue weighted by Gasteiger charge is 2.44. The first-order valence-electron chi connectivity index (χ1n) is 14.3. The summed E-state index contributed by atoms with van der Waals surface area (Å²) >= 11 is 0. The third kappa shape index (κ3) is 7.46. The minimum atomic E-state index is -1.59. The molecule has 1 fully saturated rings. The summed E-state index contributed by atoms with van der Waals surface area (Å²) in [6.07, 6.45) is -1.35. The van der Waals surface area contributed by atoms with Gasteiger partial charge in [0.25, 0.3) is 0 Å². The fourth-order valence-corrected chi connectivity index (χ4v) is 4.94. The lowest BCUT2D eigenvalue weighted by Gasteiger charge is -2.39. The first-order valence-corrected chi connectivity index (χ1v) is 14.3. The van der Waals surface area contributed by atoms with Gasteiger partial charge in [0.05, 0.1) is 19.3 Å². The number of rotatable bonds is 13. The van der Waals surface area contributed by atoms with Crippen LogP contribution in [0.2, 0.25) is 0 Å². The fraction of sp³-hybridized carbons (Fsp3) is 0.484. The number of carbonyl (C=O) groups excluding carboxylic acids is 1. The average molecular weight is 603 g/mol. The van der Waals surface area contributed by atoms with Gasteiger partial charge < -0.3 is 48.9 Å². The van der Waals surface area contributed by atoms with Gasteiger partial charge in [0.1, 0.15) is 58.9 Å². The van der Waals surface area contributed by atoms with Crippen LogP contribution in [0.25, 0.3) is 22.1 Å². The Morgan fingerprint density at radius 1 is 0.977 bits per heavy atom. The first-order chi connectivity index (χ1) is 20.7. The molecule has 0 amide bonds. The van der Waals surface area contributed by atoms with Crippen molar-refractivity contribution < 1.29 is 53.7 Å². The van der Waals surface area contributed by atoms with Crippen LogP contribution in [-0.4, -0.2) is 82.0 Å². The maximum atomic E-state index is 13.4. The van der Waals surface area contributed by atoms with E-state index in [2.05, 4.69) is 6.92 Å². The van der Waals surface area contributed by atoms with Crippen molar-refractivity contribution in [3.05, 3.63) is 52.9 Å². The van der Waals surface area contributed by atoms with Crippen LogP contribution in [0, 0.1) is 0 Å². The van der Waals surface area contributed by atoms with Gasteiger partial charge in [-0.05, 0) is 30.5 Å². The Bertz CT molecular complexity index is 1420. The highest BCUT2D eigenvalue weighted by molar-refractivity contribution is 5.88. The number of hydrogen-bond donors (Lipinski definition) is 5. The maximum Gasteiger partial charge on any atom is 0.347 e. The van der Waals surface area contributed by atoms with E-state index in [0.29, 0.717) is 12.0 Å². The Balaban J connectivity index is 1.50. The molecule has 1 aliphatic heterocycles. The highest BCUT2D eigenvalue weighted by Crippen LogP contribution is 2.32. The molecule has 1 aliphatic rings. The Hall–Kier alpha value is -3.68. The minimum absolute atomic E-state index is 0.0675. The molecule has 2 heterocycles. The molecule has 0 spiro atoms. The Morgan fingerprint density at radius 2 is 1.70 bits per heavy atom. The molecule has 3 aromatic rings. The third-order valence-corrected chi connectivity index (χ3v) is 7.41. The largest absolute Gasteiger partial charge is 0.507 e. The number of aromatic hydroxyl groups is 1. The number of phenolic OH excluding ortho intramolecular Hbond substituents is 1. The molecule has 2 aromatic carbocycles. The average Bonchev–Trinajstić information content (AvgIpc) is 3.00. The van der Waals surface area contributed by atoms with Crippen LogP contribution in [-0.2, 0) is 14.3 Å². The maximum absolute atomic E-state index is 13.4. The van der Waals surface area contributed by atoms with Crippen molar-refractivity contribution in [1.29, 1.82) is 0 Å². The zero-order valence-corrected chi connectivity index (χ0v) is 24.0. The van der Waals surface area contributed by atoms with E-state index in [1.165, 1.54) is 37.6 Å². The summed E-state index contributed by atoms with van der Waals surface area (Å²) in [7, 11) is 1.28. The summed E-state index contributed by atoms with van der Waals surface area (Å²) in [5.74, 6) is -0.545. The molecule has 0 aliphatic carbocycles. The standard InChI is InChI=1S/C31H38O12/c1-3-4-5-6-7-8-22(30(38)39-2)41-19-13-21(33)25-23(14-19)40-16-20(26(25)34)17-9-11-18(12-10-17)42-31-29(37)28(36)27(35)24(15-32)43-31/h9-14,16,22,24,27-29,31-33,35-37H,3-8,15H2,1-2H3/t22-,24-,27+,28+,29+,31-/m0/s1. The van der Waals surface area contributed by atoms with Gasteiger partial charge in [-0.2, -0.15) is 0 Å². The van der Waals surface area contributed by atoms with Crippen LogP contribution in [0.1, 0.15) is 45.4 Å². The second kappa shape index (κ2) is 14.7. The lowest BCUT2D eigenvalue weighted by atomic mass is 9.99. The summed E-state index contributed by atoms with van der Waals surface area (Å²) < 4.78 is 27.4. The summed E-state index contributed by atoms with van der Waals surface area (Å²) in [5, 5.41) is 50.1. The molecule has 234 valence electrons. The van der Waals surface area contributed by atoms with Crippen molar-refractivity contribution >= 4 is 16.9 Å². The molecule has 4 rings (SSSR count). The van der Waals surface area contributed by atoms with Crippen LogP contribution >= 0.6 is 0 Å². The summed E-state index contributed by atoms with van der Waals surface area (Å²) in [4.78, 5) is 25.7. The van der Waals surface area contributed by atoms with Gasteiger partial charge in [0.15, 0.2) is 6.10 Å². The molecule has 43 heavy (non-hydrogen) atoms. The zero-order chi connectivity index (χ0) is 31.1. The lowest BCUT2D eigenvalue weighted by molar-refractivity contribution is -0.277. The first kappa shape index (κ1) is 32.2. The van der Waals surface area contributed by atoms with E-state index in [0.717, 1.165) is 32.1 Å². The van der Waals surface area contributed by atoms with E-state index in [9.17, 15) is 35.1 Å². The van der Waals surface area contributed by atoms with Crippen LogP contribution < -0.4 is 14.9 Å². The molecule has 1 aromatic heterocycles. The van der Waals surface area contributed by atoms with Crippen LogP contribution in [0.5, 0.6) is 17.2 Å². The number of fused-ring (bicyclic) bond motifs is 1. The van der Waals surface area contributed by atoms with E-state index >= 15 is 0 Å². The number of benzene rings is 2. The topological polar surface area (TPSA) is 185 Å². The molecule has 1 saturated heterocycles. The predicted octanol–water partition coefficient (Wildman–Crippen LogP) is 2.63. The number of phenols is 1. The monoisotopic (exact) mass is 602 g/mol. The summed E-state index contributed by atoms with van der Waals surface area (Å²) in [5.41, 5.74) is 0.145. The minimum Gasteiger partial charge on any atom is -0.507 e. The number of ether oxygens (including phenoxy) is 4. The van der Waals surface area contributed by atoms with E-state index in [4.69, 9.17) is 23.4 Å². The molecule has 12 heteroatoms. The van der Waals surface area contributed by atoms with Gasteiger partial charge >= 0.3 is 5.97 Å². The van der Waals surface area contributed by atoms with Gasteiger partial charge in [-0.25, -0.2) is 4.79 Å². The van der Waals surface area contributed by atoms with Crippen molar-refractivity contribution in [3.8, 4) is 28.4 Å². The van der Waals surface area contributed by atoms with E-state index in [-0.39, 0.29) is 33.8 Å². The van der Waals surface area contributed by atoms with Crippen LogP contribution in [0.4, 0.5) is 0 Å². The number of hydrogen-bond acceptors (Lipinski definition) is 12. The summed E-state index contributed by atoms with van der Waals surface area (Å²) in [6.45, 7) is 1.53. The van der Waals surface area contributed by atoms with E-state index in [1.54, 1.807) is 12.1 Å². The second-order valence-corrected chi connectivity index (χ2v) is 10.5. The van der Waals surface area contributed by atoms with Crippen molar-refractivity contribution in [2.45, 2.75) is 82.3 Å². The molecular weight excluding hydrogens is 564 g/mol. The number of carbonyl (C=O) groups is 1. The molecule has 0 saturated carbocycles. The van der Waals surface area contributed by atoms with Crippen LogP contribution in [0.3, 0.4) is 0 Å². The number of aliphatic hydroxyl groups is 4. The molecule has 5 N–H and O–H groups in total. The van der Waals surface area contributed by atoms with Crippen molar-refractivity contribution in [2.75, 3.05) is 13.7 Å². The van der Waals surface area contributed by atoms with Crippen molar-refractivity contribution in [2.24, 2.45) is 0 Å². The van der Waals surface area contributed by atoms with Crippen molar-refractivity contribution in [1.82, 2.24) is 0 Å². The van der Waals surface area contributed by atoms with Gasteiger partial charge in [-0.15, -0.1) is 0 Å². The Morgan fingerprint density at radius 3 is 2.37 bits per heavy atom. The SMILES string of the molecule is CCCCCCC[C@H](Oc1cc(O)c2c(=O)c(-c3ccc(O[C@H]4O[C@@H](CO)[C@@H](O)[C@@H](O)[C@H]4O)cc3)coc2c1)C(=O)OC. The fourth-order valence-electron chi connectivity index (χ4n) is 4.94. The zero-order valence-electron chi connectivity index (χ0n) is 24.0. The smallest absolute Gasteiger partial charge is 0.347 e. The number of esters is 1. The molecule has 0 radical (unpaired) electrons. The van der Waals surface area contributed by atoms with Crippen molar-refractivity contribution in [3.63, 3.8) is 0 Å². The predicted molar refractivity (Wildman–Crippen MR) is 154 cm³/mol. The molecular formula is C31H38O12. The number of methoxy groups -OCH3 is 1. The Labute approximate surface area is 248 Å². The number of unbranched alkanes of at least 4 members (excludes halogenated alkanes) is 4. The van der Waals surface area contributed by atoms with Gasteiger partial charge in [-0.1, -0.05) is 44.7 Å². The molecule has 0 unspecified atom stereocenters. The lowest BCUT2D eigenvalue weighted by Crippen LogP contribution is -2.60. The van der Waals surface area contributed by atoms with Gasteiger partial charge in [0.2, 0.25) is 11.7 Å². The third-order valence-electron chi connectivity index (χ3n) is 7.41. The van der Waals surface area contributed by atoms with Gasteiger partial charge in [0, 0.05) is 12.1 Å². The second-order valence-electron chi connectivity index (χ2n) is 10.5. The van der Waals surface area contributed by atoms with E-state index in [1.807, 2.05) is 0 Å². The normalized spacial score (nSPS) is 22.7. The summed E-state index contributed by atoms with van der Waals surface area (Å²) in [6, 6.07) is 8.78. The quantitative estimate of drug-likeness (QED) is 0.142. The van der Waals surface area contributed by atoms with Crippen LogP contribution in [0.15, 0.2) is 51.9 Å². The Kier molecular flexibility index (Phi) is 11.0. The molecule has 0 bridgehead atoms. The number of aliphatic hydroxyl groups excluding tert-OH is 4. The highest BCUT2D eigenvalue weighted by atomic mass is 16.7. The molecule has 6 atom stereocenters. The molecule has 12 nitrogen and oxygen atoms in total. The van der Waals surface area contributed by atoms with Gasteiger partial charge in [-0.3, -0.25) is 4.79 Å². The van der Waals surface area contributed by atoms with E-state index < -0.39 is 54.8 Å².